The fourth-order valence-corrected chi connectivity index (χ4v) is 1.64. The summed E-state index contributed by atoms with van der Waals surface area (Å²) in [5, 5.41) is 0. The van der Waals surface area contributed by atoms with E-state index in [0.29, 0.717) is 5.57 Å². The Bertz CT molecular complexity index is 429. The van der Waals surface area contributed by atoms with Gasteiger partial charge in [0.1, 0.15) is 5.82 Å². The van der Waals surface area contributed by atoms with E-state index in [2.05, 4.69) is 6.58 Å². The Hall–Kier alpha value is -1.07. The van der Waals surface area contributed by atoms with Crippen LogP contribution in [-0.2, 0) is 6.18 Å². The van der Waals surface area contributed by atoms with Gasteiger partial charge in [-0.1, -0.05) is 11.6 Å². The second kappa shape index (κ2) is 6.20. The Morgan fingerprint density at radius 1 is 1.39 bits per heavy atom. The molecule has 0 saturated heterocycles. The molecular weight excluding hydrogens is 270 g/mol. The summed E-state index contributed by atoms with van der Waals surface area (Å²) >= 11 is 0. The average Bonchev–Trinajstić information content (AvgIpc) is 2.14. The number of rotatable bonds is 3. The van der Waals surface area contributed by atoms with Crippen LogP contribution in [0.4, 0.5) is 17.6 Å². The van der Waals surface area contributed by atoms with E-state index in [9.17, 15) is 17.6 Å². The predicted octanol–water partition coefficient (Wildman–Crippen LogP) is 4.23. The summed E-state index contributed by atoms with van der Waals surface area (Å²) in [6.45, 7) is 5.19. The van der Waals surface area contributed by atoms with Crippen LogP contribution in [0.1, 0.15) is 30.5 Å². The number of hydrogen-bond donors (Lipinski definition) is 1. The molecule has 1 rings (SSSR count). The molecule has 0 radical (unpaired) electrons. The normalized spacial score (nSPS) is 12.8. The highest BCUT2D eigenvalue weighted by atomic mass is 35.5. The first kappa shape index (κ1) is 16.9. The second-order valence-corrected chi connectivity index (χ2v) is 3.97. The zero-order valence-corrected chi connectivity index (χ0v) is 10.5. The van der Waals surface area contributed by atoms with Crippen LogP contribution in [0.25, 0.3) is 0 Å². The molecule has 0 amide bonds. The molecule has 0 bridgehead atoms. The van der Waals surface area contributed by atoms with Crippen molar-refractivity contribution >= 4 is 12.4 Å². The van der Waals surface area contributed by atoms with E-state index < -0.39 is 29.2 Å². The number of halogens is 5. The van der Waals surface area contributed by atoms with Crippen LogP contribution >= 0.6 is 12.4 Å². The molecule has 0 saturated carbocycles. The number of alkyl halides is 3. The molecule has 0 spiro atoms. The van der Waals surface area contributed by atoms with E-state index in [-0.39, 0.29) is 18.8 Å². The average molecular weight is 284 g/mol. The van der Waals surface area contributed by atoms with Gasteiger partial charge in [-0.2, -0.15) is 13.2 Å². The molecule has 102 valence electrons. The first-order chi connectivity index (χ1) is 7.73. The Morgan fingerprint density at radius 2 is 1.94 bits per heavy atom. The molecule has 0 aliphatic rings. The van der Waals surface area contributed by atoms with Crippen molar-refractivity contribution in [2.45, 2.75) is 25.6 Å². The molecule has 0 unspecified atom stereocenters. The molecule has 0 aliphatic carbocycles. The van der Waals surface area contributed by atoms with Gasteiger partial charge < -0.3 is 5.73 Å². The van der Waals surface area contributed by atoms with Crippen molar-refractivity contribution < 1.29 is 17.6 Å². The Balaban J connectivity index is 0.00000289. The van der Waals surface area contributed by atoms with Crippen LogP contribution in [0, 0.1) is 5.82 Å². The monoisotopic (exact) mass is 283 g/mol. The van der Waals surface area contributed by atoms with Gasteiger partial charge in [0.05, 0.1) is 5.56 Å². The van der Waals surface area contributed by atoms with Gasteiger partial charge in [-0.3, -0.25) is 0 Å². The summed E-state index contributed by atoms with van der Waals surface area (Å²) in [5.74, 6) is -0.937. The molecule has 0 aliphatic heterocycles. The molecule has 1 aromatic rings. The van der Waals surface area contributed by atoms with Gasteiger partial charge in [-0.15, -0.1) is 19.0 Å². The summed E-state index contributed by atoms with van der Waals surface area (Å²) < 4.78 is 51.5. The molecule has 18 heavy (non-hydrogen) atoms. The maximum Gasteiger partial charge on any atom is 0.416 e. The zero-order chi connectivity index (χ0) is 13.2. The molecule has 1 atom stereocenters. The van der Waals surface area contributed by atoms with E-state index in [4.69, 9.17) is 5.73 Å². The van der Waals surface area contributed by atoms with Crippen molar-refractivity contribution in [1.82, 2.24) is 0 Å². The molecule has 6 heteroatoms. The number of nitrogens with two attached hydrogens (primary N) is 1. The Morgan fingerprint density at radius 3 is 2.39 bits per heavy atom. The van der Waals surface area contributed by atoms with Gasteiger partial charge in [0.25, 0.3) is 0 Å². The maximum absolute atomic E-state index is 13.5. The standard InChI is InChI=1S/C12H13F4N.ClH/c1-7(2)6-10(17)11-8(12(14,15)16)4-3-5-9(11)13;/h3-5,10H,1,6,17H2,2H3;1H/t10-;/m1./s1. The maximum atomic E-state index is 13.5. The lowest BCUT2D eigenvalue weighted by molar-refractivity contribution is -0.138. The van der Waals surface area contributed by atoms with Crippen LogP contribution in [-0.4, -0.2) is 0 Å². The van der Waals surface area contributed by atoms with E-state index >= 15 is 0 Å². The van der Waals surface area contributed by atoms with E-state index in [1.54, 1.807) is 6.92 Å². The predicted molar refractivity (Wildman–Crippen MR) is 65.0 cm³/mol. The molecule has 0 aromatic heterocycles. The summed E-state index contributed by atoms with van der Waals surface area (Å²) in [6, 6.07) is 1.79. The molecule has 0 heterocycles. The minimum absolute atomic E-state index is 0. The van der Waals surface area contributed by atoms with Gasteiger partial charge in [-0.25, -0.2) is 4.39 Å². The molecule has 1 aromatic carbocycles. The van der Waals surface area contributed by atoms with E-state index in [1.165, 1.54) is 0 Å². The lowest BCUT2D eigenvalue weighted by Gasteiger charge is -2.19. The van der Waals surface area contributed by atoms with Gasteiger partial charge in [-0.05, 0) is 25.5 Å². The quantitative estimate of drug-likeness (QED) is 0.652. The van der Waals surface area contributed by atoms with Crippen molar-refractivity contribution in [3.8, 4) is 0 Å². The van der Waals surface area contributed by atoms with Crippen molar-refractivity contribution in [2.75, 3.05) is 0 Å². The fraction of sp³-hybridized carbons (Fsp3) is 0.333. The highest BCUT2D eigenvalue weighted by Gasteiger charge is 2.35. The van der Waals surface area contributed by atoms with Crippen LogP contribution in [0.3, 0.4) is 0 Å². The Kier molecular flexibility index (Phi) is 5.83. The summed E-state index contributed by atoms with van der Waals surface area (Å²) in [6.07, 6.45) is -4.49. The van der Waals surface area contributed by atoms with Gasteiger partial charge in [0.2, 0.25) is 0 Å². The van der Waals surface area contributed by atoms with Crippen molar-refractivity contribution in [3.05, 3.63) is 47.3 Å². The van der Waals surface area contributed by atoms with Gasteiger partial charge in [0, 0.05) is 11.6 Å². The lowest BCUT2D eigenvalue weighted by Crippen LogP contribution is -2.19. The summed E-state index contributed by atoms with van der Waals surface area (Å²) in [5.41, 5.74) is 4.68. The summed E-state index contributed by atoms with van der Waals surface area (Å²) in [7, 11) is 0. The van der Waals surface area contributed by atoms with Crippen molar-refractivity contribution in [2.24, 2.45) is 5.73 Å². The third kappa shape index (κ3) is 3.99. The minimum Gasteiger partial charge on any atom is -0.324 e. The third-order valence-corrected chi connectivity index (χ3v) is 2.30. The topological polar surface area (TPSA) is 26.0 Å². The number of hydrogen-bond acceptors (Lipinski definition) is 1. The first-order valence-electron chi connectivity index (χ1n) is 4.99. The fourth-order valence-electron chi connectivity index (χ4n) is 1.64. The zero-order valence-electron chi connectivity index (χ0n) is 9.72. The third-order valence-electron chi connectivity index (χ3n) is 2.30. The number of benzene rings is 1. The summed E-state index contributed by atoms with van der Waals surface area (Å²) in [4.78, 5) is 0. The molecule has 1 nitrogen and oxygen atoms in total. The van der Waals surface area contributed by atoms with Crippen molar-refractivity contribution in [1.29, 1.82) is 0 Å². The van der Waals surface area contributed by atoms with Gasteiger partial charge in [0.15, 0.2) is 0 Å². The van der Waals surface area contributed by atoms with Gasteiger partial charge >= 0.3 is 6.18 Å². The SMILES string of the molecule is C=C(C)C[C@@H](N)c1c(F)cccc1C(F)(F)F.Cl. The molecular formula is C12H14ClF4N. The minimum atomic E-state index is -4.61. The van der Waals surface area contributed by atoms with Crippen LogP contribution in [0.15, 0.2) is 30.4 Å². The lowest BCUT2D eigenvalue weighted by atomic mass is 9.95. The van der Waals surface area contributed by atoms with E-state index in [0.717, 1.165) is 18.2 Å². The first-order valence-corrected chi connectivity index (χ1v) is 4.99. The molecule has 0 fully saturated rings. The highest BCUT2D eigenvalue weighted by Crippen LogP contribution is 2.36. The largest absolute Gasteiger partial charge is 0.416 e. The van der Waals surface area contributed by atoms with Crippen LogP contribution < -0.4 is 5.73 Å². The van der Waals surface area contributed by atoms with E-state index in [1.807, 2.05) is 0 Å². The second-order valence-electron chi connectivity index (χ2n) is 3.97. The smallest absolute Gasteiger partial charge is 0.324 e. The molecule has 2 N–H and O–H groups in total. The Labute approximate surface area is 109 Å². The van der Waals surface area contributed by atoms with Crippen LogP contribution in [0.2, 0.25) is 0 Å². The van der Waals surface area contributed by atoms with Crippen molar-refractivity contribution in [3.63, 3.8) is 0 Å². The highest BCUT2D eigenvalue weighted by molar-refractivity contribution is 5.85. The van der Waals surface area contributed by atoms with Crippen LogP contribution in [0.5, 0.6) is 0 Å².